The highest BCUT2D eigenvalue weighted by Crippen LogP contribution is 2.17. The van der Waals surface area contributed by atoms with Gasteiger partial charge in [-0.05, 0) is 18.2 Å². The summed E-state index contributed by atoms with van der Waals surface area (Å²) in [4.78, 5) is 0. The van der Waals surface area contributed by atoms with Crippen molar-refractivity contribution in [3.8, 4) is 6.07 Å². The van der Waals surface area contributed by atoms with E-state index in [0.717, 1.165) is 5.69 Å². The van der Waals surface area contributed by atoms with Crippen molar-refractivity contribution in [3.05, 3.63) is 23.8 Å². The molecular formula is C12H17N3O2. The summed E-state index contributed by atoms with van der Waals surface area (Å²) in [7, 11) is 1.63. The summed E-state index contributed by atoms with van der Waals surface area (Å²) in [5.74, 6) is 0. The molecule has 92 valence electrons. The highest BCUT2D eigenvalue weighted by Gasteiger charge is 2.01. The fraction of sp³-hybridized carbons (Fsp3) is 0.417. The second-order valence-corrected chi connectivity index (χ2v) is 3.45. The van der Waals surface area contributed by atoms with Crippen molar-refractivity contribution in [3.63, 3.8) is 0 Å². The Morgan fingerprint density at radius 3 is 2.88 bits per heavy atom. The Labute approximate surface area is 101 Å². The van der Waals surface area contributed by atoms with Gasteiger partial charge >= 0.3 is 0 Å². The molecule has 0 aliphatic heterocycles. The molecule has 0 saturated carbocycles. The maximum atomic E-state index is 8.92. The normalized spacial score (nSPS) is 9.88. The summed E-state index contributed by atoms with van der Waals surface area (Å²) < 4.78 is 10.2. The SMILES string of the molecule is COCCOCCNc1ccc(N)cc1C#N. The number of methoxy groups -OCH3 is 1. The fourth-order valence-corrected chi connectivity index (χ4v) is 1.31. The van der Waals surface area contributed by atoms with E-state index in [1.807, 2.05) is 0 Å². The van der Waals surface area contributed by atoms with Crippen molar-refractivity contribution in [2.24, 2.45) is 0 Å². The van der Waals surface area contributed by atoms with Gasteiger partial charge in [0.1, 0.15) is 6.07 Å². The van der Waals surface area contributed by atoms with Crippen LogP contribution in [0.25, 0.3) is 0 Å². The zero-order valence-corrected chi connectivity index (χ0v) is 9.90. The smallest absolute Gasteiger partial charge is 0.101 e. The summed E-state index contributed by atoms with van der Waals surface area (Å²) >= 11 is 0. The maximum Gasteiger partial charge on any atom is 0.101 e. The van der Waals surface area contributed by atoms with Gasteiger partial charge in [-0.3, -0.25) is 0 Å². The number of nitriles is 1. The van der Waals surface area contributed by atoms with Crippen LogP contribution in [0.2, 0.25) is 0 Å². The Kier molecular flexibility index (Phi) is 5.86. The van der Waals surface area contributed by atoms with Gasteiger partial charge in [0.2, 0.25) is 0 Å². The minimum Gasteiger partial charge on any atom is -0.399 e. The van der Waals surface area contributed by atoms with Crippen LogP contribution in [-0.2, 0) is 9.47 Å². The van der Waals surface area contributed by atoms with Gasteiger partial charge in [-0.15, -0.1) is 0 Å². The van der Waals surface area contributed by atoms with E-state index in [9.17, 15) is 0 Å². The van der Waals surface area contributed by atoms with Crippen LogP contribution in [0.5, 0.6) is 0 Å². The number of nitrogens with one attached hydrogen (secondary N) is 1. The Hall–Kier alpha value is -1.77. The molecule has 0 aliphatic rings. The molecule has 0 radical (unpaired) electrons. The van der Waals surface area contributed by atoms with Crippen LogP contribution in [0.4, 0.5) is 11.4 Å². The molecule has 0 heterocycles. The fourth-order valence-electron chi connectivity index (χ4n) is 1.31. The molecule has 17 heavy (non-hydrogen) atoms. The lowest BCUT2D eigenvalue weighted by Crippen LogP contribution is -2.12. The molecule has 0 fully saturated rings. The molecule has 0 amide bonds. The van der Waals surface area contributed by atoms with E-state index in [2.05, 4.69) is 11.4 Å². The third-order valence-electron chi connectivity index (χ3n) is 2.16. The van der Waals surface area contributed by atoms with Crippen LogP contribution in [-0.4, -0.2) is 33.5 Å². The molecule has 0 unspecified atom stereocenters. The van der Waals surface area contributed by atoms with Crippen LogP contribution < -0.4 is 11.1 Å². The number of nitrogens with zero attached hydrogens (tertiary/aromatic N) is 1. The first-order chi connectivity index (χ1) is 8.27. The largest absolute Gasteiger partial charge is 0.399 e. The number of hydrogen-bond acceptors (Lipinski definition) is 5. The van der Waals surface area contributed by atoms with Gasteiger partial charge in [-0.2, -0.15) is 5.26 Å². The highest BCUT2D eigenvalue weighted by atomic mass is 16.5. The van der Waals surface area contributed by atoms with E-state index >= 15 is 0 Å². The molecular weight excluding hydrogens is 218 g/mol. The summed E-state index contributed by atoms with van der Waals surface area (Å²) in [6, 6.07) is 7.29. The second-order valence-electron chi connectivity index (χ2n) is 3.45. The maximum absolute atomic E-state index is 8.92. The van der Waals surface area contributed by atoms with Crippen LogP contribution >= 0.6 is 0 Å². The van der Waals surface area contributed by atoms with Crippen LogP contribution in [0.3, 0.4) is 0 Å². The number of hydrogen-bond donors (Lipinski definition) is 2. The van der Waals surface area contributed by atoms with Gasteiger partial charge in [0.05, 0.1) is 31.1 Å². The highest BCUT2D eigenvalue weighted by molar-refractivity contribution is 5.62. The number of rotatable bonds is 7. The number of benzene rings is 1. The van der Waals surface area contributed by atoms with Gasteiger partial charge in [-0.1, -0.05) is 0 Å². The molecule has 0 aromatic heterocycles. The van der Waals surface area contributed by atoms with Gasteiger partial charge < -0.3 is 20.5 Å². The first-order valence-electron chi connectivity index (χ1n) is 5.38. The molecule has 1 rings (SSSR count). The lowest BCUT2D eigenvalue weighted by atomic mass is 10.2. The molecule has 0 saturated heterocycles. The van der Waals surface area contributed by atoms with Gasteiger partial charge in [0, 0.05) is 19.3 Å². The predicted octanol–water partition coefficient (Wildman–Crippen LogP) is 1.22. The Morgan fingerprint density at radius 1 is 1.35 bits per heavy atom. The Balaban J connectivity index is 2.34. The first kappa shape index (κ1) is 13.3. The molecule has 0 bridgehead atoms. The molecule has 0 spiro atoms. The molecule has 1 aromatic rings. The van der Waals surface area contributed by atoms with Crippen LogP contribution in [0.1, 0.15) is 5.56 Å². The standard InChI is InChI=1S/C12H17N3O2/c1-16-6-7-17-5-4-15-12-3-2-11(14)8-10(12)9-13/h2-3,8,15H,4-7,14H2,1H3. The second kappa shape index (κ2) is 7.49. The Morgan fingerprint density at radius 2 is 2.18 bits per heavy atom. The number of ether oxygens (including phenoxy) is 2. The minimum absolute atomic E-state index is 0.543. The molecule has 0 atom stereocenters. The van der Waals surface area contributed by atoms with Crippen molar-refractivity contribution < 1.29 is 9.47 Å². The van der Waals surface area contributed by atoms with E-state index in [1.165, 1.54) is 0 Å². The zero-order valence-electron chi connectivity index (χ0n) is 9.90. The Bertz CT molecular complexity index is 388. The molecule has 3 N–H and O–H groups in total. The summed E-state index contributed by atoms with van der Waals surface area (Å²) in [5, 5.41) is 12.0. The van der Waals surface area contributed by atoms with E-state index in [0.29, 0.717) is 37.6 Å². The van der Waals surface area contributed by atoms with Crippen molar-refractivity contribution in [2.75, 3.05) is 44.5 Å². The summed E-state index contributed by atoms with van der Waals surface area (Å²) in [5.41, 5.74) is 7.50. The van der Waals surface area contributed by atoms with E-state index in [1.54, 1.807) is 25.3 Å². The quantitative estimate of drug-likeness (QED) is 0.548. The van der Waals surface area contributed by atoms with Gasteiger partial charge in [0.15, 0.2) is 0 Å². The third-order valence-corrected chi connectivity index (χ3v) is 2.16. The average molecular weight is 235 g/mol. The van der Waals surface area contributed by atoms with E-state index in [-0.39, 0.29) is 0 Å². The lowest BCUT2D eigenvalue weighted by molar-refractivity contribution is 0.0759. The summed E-state index contributed by atoms with van der Waals surface area (Å²) in [6.07, 6.45) is 0. The number of anilines is 2. The van der Waals surface area contributed by atoms with Crippen molar-refractivity contribution in [1.82, 2.24) is 0 Å². The van der Waals surface area contributed by atoms with E-state index in [4.69, 9.17) is 20.5 Å². The van der Waals surface area contributed by atoms with Crippen molar-refractivity contribution in [1.29, 1.82) is 5.26 Å². The lowest BCUT2D eigenvalue weighted by Gasteiger charge is -2.09. The van der Waals surface area contributed by atoms with E-state index < -0.39 is 0 Å². The van der Waals surface area contributed by atoms with Crippen LogP contribution in [0, 0.1) is 11.3 Å². The zero-order chi connectivity index (χ0) is 12.5. The monoisotopic (exact) mass is 235 g/mol. The van der Waals surface area contributed by atoms with Crippen molar-refractivity contribution in [2.45, 2.75) is 0 Å². The third kappa shape index (κ3) is 4.72. The van der Waals surface area contributed by atoms with Gasteiger partial charge in [-0.25, -0.2) is 0 Å². The summed E-state index contributed by atoms with van der Waals surface area (Å²) in [6.45, 7) is 2.37. The first-order valence-corrected chi connectivity index (χ1v) is 5.38. The van der Waals surface area contributed by atoms with Crippen LogP contribution in [0.15, 0.2) is 18.2 Å². The predicted molar refractivity (Wildman–Crippen MR) is 66.8 cm³/mol. The molecule has 0 aliphatic carbocycles. The van der Waals surface area contributed by atoms with Crippen molar-refractivity contribution >= 4 is 11.4 Å². The molecule has 5 nitrogen and oxygen atoms in total. The molecule has 1 aromatic carbocycles. The number of nitrogens with two attached hydrogens (primary N) is 1. The average Bonchev–Trinajstić information content (AvgIpc) is 2.35. The topological polar surface area (TPSA) is 80.3 Å². The minimum atomic E-state index is 0.543. The molecule has 5 heteroatoms. The van der Waals surface area contributed by atoms with Gasteiger partial charge in [0.25, 0.3) is 0 Å². The number of nitrogen functional groups attached to an aromatic ring is 1.